The Morgan fingerprint density at radius 2 is 2.33 bits per heavy atom. The first kappa shape index (κ1) is 9.98. The molecule has 0 atom stereocenters. The van der Waals surface area contributed by atoms with Crippen molar-refractivity contribution in [3.8, 4) is 11.5 Å². The fourth-order valence-corrected chi connectivity index (χ4v) is 1.75. The van der Waals surface area contributed by atoms with Gasteiger partial charge in [-0.1, -0.05) is 6.07 Å². The second-order valence-electron chi connectivity index (χ2n) is 3.11. The molecule has 0 fully saturated rings. The molecule has 2 rings (SSSR count). The van der Waals surface area contributed by atoms with Gasteiger partial charge in [-0.2, -0.15) is 0 Å². The van der Waals surface area contributed by atoms with E-state index in [-0.39, 0.29) is 5.75 Å². The number of rotatable bonds is 3. The van der Waals surface area contributed by atoms with Crippen molar-refractivity contribution in [2.45, 2.75) is 13.5 Å². The van der Waals surface area contributed by atoms with E-state index in [0.717, 1.165) is 10.6 Å². The zero-order valence-electron chi connectivity index (χ0n) is 8.30. The highest BCUT2D eigenvalue weighted by molar-refractivity contribution is 7.09. The molecule has 0 bridgehead atoms. The first-order chi connectivity index (χ1) is 7.27. The van der Waals surface area contributed by atoms with Gasteiger partial charge >= 0.3 is 0 Å². The molecule has 0 amide bonds. The Bertz CT molecular complexity index is 440. The number of thiazole rings is 1. The van der Waals surface area contributed by atoms with Crippen LogP contribution in [0.3, 0.4) is 0 Å². The third-order valence-corrected chi connectivity index (χ3v) is 2.84. The van der Waals surface area contributed by atoms with Gasteiger partial charge in [0.05, 0.1) is 0 Å². The summed E-state index contributed by atoms with van der Waals surface area (Å²) in [5.41, 5.74) is 0.758. The van der Waals surface area contributed by atoms with Crippen LogP contribution in [0, 0.1) is 6.92 Å². The Balaban J connectivity index is 2.08. The zero-order chi connectivity index (χ0) is 10.7. The Morgan fingerprint density at radius 3 is 3.07 bits per heavy atom. The maximum atomic E-state index is 9.46. The molecule has 1 aromatic heterocycles. The molecule has 0 aliphatic heterocycles. The highest BCUT2D eigenvalue weighted by Gasteiger charge is 2.04. The number of phenolic OH excluding ortho intramolecular Hbond substituents is 1. The molecule has 1 heterocycles. The highest BCUT2D eigenvalue weighted by Crippen LogP contribution is 2.26. The summed E-state index contributed by atoms with van der Waals surface area (Å²) < 4.78 is 5.55. The molecule has 0 spiro atoms. The SMILES string of the molecule is Cc1c(O)cccc1OCc1nccs1. The van der Waals surface area contributed by atoms with E-state index in [0.29, 0.717) is 12.4 Å². The smallest absolute Gasteiger partial charge is 0.140 e. The van der Waals surface area contributed by atoms with Crippen molar-refractivity contribution in [3.63, 3.8) is 0 Å². The number of phenols is 1. The molecule has 0 unspecified atom stereocenters. The zero-order valence-corrected chi connectivity index (χ0v) is 9.12. The normalized spacial score (nSPS) is 10.2. The topological polar surface area (TPSA) is 42.4 Å². The summed E-state index contributed by atoms with van der Waals surface area (Å²) in [6.45, 7) is 2.27. The molecule has 1 aromatic carbocycles. The van der Waals surface area contributed by atoms with Gasteiger partial charge in [-0.3, -0.25) is 0 Å². The first-order valence-corrected chi connectivity index (χ1v) is 5.45. The summed E-state index contributed by atoms with van der Waals surface area (Å²) >= 11 is 1.55. The van der Waals surface area contributed by atoms with E-state index in [2.05, 4.69) is 4.98 Å². The quantitative estimate of drug-likeness (QED) is 0.866. The Kier molecular flexibility index (Phi) is 2.87. The van der Waals surface area contributed by atoms with Crippen molar-refractivity contribution in [1.82, 2.24) is 4.98 Å². The standard InChI is InChI=1S/C11H11NO2S/c1-8-9(13)3-2-4-10(8)14-7-11-12-5-6-15-11/h2-6,13H,7H2,1H3. The molecule has 0 radical (unpaired) electrons. The van der Waals surface area contributed by atoms with Gasteiger partial charge in [-0.15, -0.1) is 11.3 Å². The van der Waals surface area contributed by atoms with Gasteiger partial charge in [0.25, 0.3) is 0 Å². The van der Waals surface area contributed by atoms with Crippen molar-refractivity contribution < 1.29 is 9.84 Å². The second-order valence-corrected chi connectivity index (χ2v) is 4.09. The average molecular weight is 221 g/mol. The van der Waals surface area contributed by atoms with Crippen molar-refractivity contribution in [2.75, 3.05) is 0 Å². The van der Waals surface area contributed by atoms with Crippen LogP contribution >= 0.6 is 11.3 Å². The van der Waals surface area contributed by atoms with Gasteiger partial charge in [-0.05, 0) is 19.1 Å². The molecule has 78 valence electrons. The Morgan fingerprint density at radius 1 is 1.47 bits per heavy atom. The van der Waals surface area contributed by atoms with Crippen LogP contribution in [0.4, 0.5) is 0 Å². The second kappa shape index (κ2) is 4.31. The molecule has 0 saturated carbocycles. The number of nitrogens with zero attached hydrogens (tertiary/aromatic N) is 1. The number of hydrogen-bond acceptors (Lipinski definition) is 4. The molecular weight excluding hydrogens is 210 g/mol. The van der Waals surface area contributed by atoms with Gasteiger partial charge < -0.3 is 9.84 Å². The Labute approximate surface area is 92.0 Å². The summed E-state index contributed by atoms with van der Waals surface area (Å²) in [4.78, 5) is 4.11. The van der Waals surface area contributed by atoms with Crippen LogP contribution in [-0.4, -0.2) is 10.1 Å². The van der Waals surface area contributed by atoms with Crippen LogP contribution in [0.1, 0.15) is 10.6 Å². The first-order valence-electron chi connectivity index (χ1n) is 4.57. The molecular formula is C11H11NO2S. The summed E-state index contributed by atoms with van der Waals surface area (Å²) in [5.74, 6) is 0.955. The number of hydrogen-bond donors (Lipinski definition) is 1. The summed E-state index contributed by atoms with van der Waals surface area (Å²) in [7, 11) is 0. The lowest BCUT2D eigenvalue weighted by Crippen LogP contribution is -1.96. The minimum Gasteiger partial charge on any atom is -0.508 e. The van der Waals surface area contributed by atoms with Gasteiger partial charge in [0.2, 0.25) is 0 Å². The van der Waals surface area contributed by atoms with E-state index in [4.69, 9.17) is 4.74 Å². The minimum atomic E-state index is 0.256. The van der Waals surface area contributed by atoms with E-state index < -0.39 is 0 Å². The summed E-state index contributed by atoms with van der Waals surface area (Å²) in [5, 5.41) is 12.3. The van der Waals surface area contributed by atoms with Gasteiger partial charge in [-0.25, -0.2) is 4.98 Å². The fourth-order valence-electron chi connectivity index (χ4n) is 1.22. The van der Waals surface area contributed by atoms with Crippen LogP contribution in [0.25, 0.3) is 0 Å². The lowest BCUT2D eigenvalue weighted by atomic mass is 10.2. The number of aromatic nitrogens is 1. The fraction of sp³-hybridized carbons (Fsp3) is 0.182. The van der Waals surface area contributed by atoms with Crippen molar-refractivity contribution in [3.05, 3.63) is 40.3 Å². The van der Waals surface area contributed by atoms with E-state index >= 15 is 0 Å². The molecule has 2 aromatic rings. The molecule has 15 heavy (non-hydrogen) atoms. The maximum absolute atomic E-state index is 9.46. The van der Waals surface area contributed by atoms with Crippen LogP contribution < -0.4 is 4.74 Å². The summed E-state index contributed by atoms with van der Waals surface area (Å²) in [6.07, 6.45) is 1.75. The monoisotopic (exact) mass is 221 g/mol. The number of benzene rings is 1. The van der Waals surface area contributed by atoms with Crippen LogP contribution in [0.15, 0.2) is 29.8 Å². The molecule has 4 heteroatoms. The lowest BCUT2D eigenvalue weighted by molar-refractivity contribution is 0.301. The molecule has 0 aliphatic carbocycles. The summed E-state index contributed by atoms with van der Waals surface area (Å²) in [6, 6.07) is 5.24. The molecule has 3 nitrogen and oxygen atoms in total. The van der Waals surface area contributed by atoms with E-state index in [1.54, 1.807) is 29.7 Å². The van der Waals surface area contributed by atoms with Gasteiger partial charge in [0.15, 0.2) is 0 Å². The Hall–Kier alpha value is -1.55. The van der Waals surface area contributed by atoms with Crippen molar-refractivity contribution >= 4 is 11.3 Å². The third kappa shape index (κ3) is 2.27. The molecule has 0 saturated heterocycles. The minimum absolute atomic E-state index is 0.256. The number of aromatic hydroxyl groups is 1. The van der Waals surface area contributed by atoms with Crippen LogP contribution in [0.5, 0.6) is 11.5 Å². The van der Waals surface area contributed by atoms with Gasteiger partial charge in [0.1, 0.15) is 23.1 Å². The third-order valence-electron chi connectivity index (χ3n) is 2.09. The van der Waals surface area contributed by atoms with Gasteiger partial charge in [0, 0.05) is 17.1 Å². The van der Waals surface area contributed by atoms with Crippen LogP contribution in [-0.2, 0) is 6.61 Å². The number of ether oxygens (including phenoxy) is 1. The van der Waals surface area contributed by atoms with E-state index in [1.807, 2.05) is 18.4 Å². The highest BCUT2D eigenvalue weighted by atomic mass is 32.1. The van der Waals surface area contributed by atoms with Crippen LogP contribution in [0.2, 0.25) is 0 Å². The molecule has 1 N–H and O–H groups in total. The predicted molar refractivity (Wildman–Crippen MR) is 59.3 cm³/mol. The average Bonchev–Trinajstić information content (AvgIpc) is 2.73. The van der Waals surface area contributed by atoms with E-state index in [9.17, 15) is 5.11 Å². The predicted octanol–water partition coefficient (Wildman–Crippen LogP) is 2.74. The van der Waals surface area contributed by atoms with Crippen molar-refractivity contribution in [1.29, 1.82) is 0 Å². The van der Waals surface area contributed by atoms with E-state index in [1.165, 1.54) is 0 Å². The van der Waals surface area contributed by atoms with Crippen molar-refractivity contribution in [2.24, 2.45) is 0 Å². The molecule has 0 aliphatic rings. The largest absolute Gasteiger partial charge is 0.508 e. The maximum Gasteiger partial charge on any atom is 0.140 e. The lowest BCUT2D eigenvalue weighted by Gasteiger charge is -2.08.